The molecular formula is C32H33F5N6O. The van der Waals surface area contributed by atoms with Crippen LogP contribution in [0.1, 0.15) is 71.0 Å². The van der Waals surface area contributed by atoms with E-state index in [1.165, 1.54) is 17.9 Å². The highest BCUT2D eigenvalue weighted by molar-refractivity contribution is 6.10. The van der Waals surface area contributed by atoms with Gasteiger partial charge >= 0.3 is 6.18 Å². The Morgan fingerprint density at radius 1 is 1.16 bits per heavy atom. The Morgan fingerprint density at radius 2 is 1.93 bits per heavy atom. The highest BCUT2D eigenvalue weighted by Crippen LogP contribution is 2.52. The maximum Gasteiger partial charge on any atom is 0.416 e. The molecule has 1 atom stereocenters. The topological polar surface area (TPSA) is 78.1 Å². The van der Waals surface area contributed by atoms with Gasteiger partial charge in [-0.3, -0.25) is 9.69 Å². The van der Waals surface area contributed by atoms with Crippen LogP contribution in [0.4, 0.5) is 27.6 Å². The van der Waals surface area contributed by atoms with Gasteiger partial charge in [-0.1, -0.05) is 19.1 Å². The van der Waals surface area contributed by atoms with E-state index in [4.69, 9.17) is 0 Å². The highest BCUT2D eigenvalue weighted by atomic mass is 19.4. The summed E-state index contributed by atoms with van der Waals surface area (Å²) < 4.78 is 72.9. The number of carbonyl (C=O) groups is 1. The third-order valence-electron chi connectivity index (χ3n) is 9.64. The third kappa shape index (κ3) is 5.47. The number of piperidine rings is 1. The molecule has 2 aromatic carbocycles. The molecule has 12 heteroatoms. The minimum Gasteiger partial charge on any atom is -0.321 e. The minimum absolute atomic E-state index is 0.0119. The fraction of sp³-hybridized carbons (Fsp3) is 0.500. The lowest BCUT2D eigenvalue weighted by Gasteiger charge is -2.48. The van der Waals surface area contributed by atoms with Crippen molar-refractivity contribution >= 4 is 11.6 Å². The second-order valence-corrected chi connectivity index (χ2v) is 12.7. The van der Waals surface area contributed by atoms with Crippen LogP contribution in [0.15, 0.2) is 42.7 Å². The van der Waals surface area contributed by atoms with Gasteiger partial charge in [-0.2, -0.15) is 18.4 Å². The molecule has 1 aromatic heterocycles. The van der Waals surface area contributed by atoms with Crippen molar-refractivity contribution in [2.24, 2.45) is 18.9 Å². The normalized spacial score (nSPS) is 25.0. The van der Waals surface area contributed by atoms with Crippen molar-refractivity contribution in [1.29, 1.82) is 5.26 Å². The number of alkyl halides is 5. The lowest BCUT2D eigenvalue weighted by atomic mass is 9.56. The maximum atomic E-state index is 14.3. The van der Waals surface area contributed by atoms with Gasteiger partial charge in [0.1, 0.15) is 12.2 Å². The van der Waals surface area contributed by atoms with Crippen LogP contribution in [0, 0.1) is 23.2 Å². The molecule has 1 amide bonds. The molecule has 7 nitrogen and oxygen atoms in total. The number of carbonyl (C=O) groups excluding carboxylic acids is 1. The molecule has 0 spiro atoms. The molecule has 0 bridgehead atoms. The molecule has 2 aliphatic heterocycles. The van der Waals surface area contributed by atoms with Crippen LogP contribution in [0.2, 0.25) is 0 Å². The Hall–Kier alpha value is -3.85. The first-order valence-corrected chi connectivity index (χ1v) is 14.7. The van der Waals surface area contributed by atoms with E-state index in [-0.39, 0.29) is 60.6 Å². The zero-order chi connectivity index (χ0) is 31.4. The Bertz CT molecular complexity index is 1620. The van der Waals surface area contributed by atoms with E-state index in [1.54, 1.807) is 23.4 Å². The molecule has 0 N–H and O–H groups in total. The second kappa shape index (κ2) is 10.9. The summed E-state index contributed by atoms with van der Waals surface area (Å²) in [7, 11) is 1.86. The number of likely N-dealkylation sites (tertiary alicyclic amines) is 1. The number of hydrogen-bond acceptors (Lipinski definition) is 5. The summed E-state index contributed by atoms with van der Waals surface area (Å²) in [5.74, 6) is -3.25. The fourth-order valence-corrected chi connectivity index (χ4v) is 7.16. The Labute approximate surface area is 252 Å². The number of fused-ring (bicyclic) bond motifs is 1. The van der Waals surface area contributed by atoms with Crippen molar-refractivity contribution in [3.63, 3.8) is 0 Å². The van der Waals surface area contributed by atoms with Gasteiger partial charge in [-0.15, -0.1) is 10.2 Å². The molecule has 0 radical (unpaired) electrons. The number of nitrogens with zero attached hydrogens (tertiary/aromatic N) is 6. The molecule has 1 unspecified atom stereocenters. The van der Waals surface area contributed by atoms with E-state index < -0.39 is 29.5 Å². The summed E-state index contributed by atoms with van der Waals surface area (Å²) in [6, 6.07) is 12.1. The van der Waals surface area contributed by atoms with Crippen LogP contribution in [0.3, 0.4) is 0 Å². The molecular weight excluding hydrogens is 579 g/mol. The van der Waals surface area contributed by atoms with E-state index in [0.717, 1.165) is 30.3 Å². The molecule has 232 valence electrons. The van der Waals surface area contributed by atoms with Gasteiger partial charge in [0, 0.05) is 68.5 Å². The number of rotatable bonds is 7. The van der Waals surface area contributed by atoms with E-state index in [1.807, 2.05) is 23.7 Å². The van der Waals surface area contributed by atoms with Gasteiger partial charge in [0.05, 0.1) is 18.2 Å². The predicted octanol–water partition coefficient (Wildman–Crippen LogP) is 6.28. The van der Waals surface area contributed by atoms with Gasteiger partial charge in [0.15, 0.2) is 0 Å². The van der Waals surface area contributed by atoms with Crippen LogP contribution in [0.5, 0.6) is 0 Å². The number of benzene rings is 2. The van der Waals surface area contributed by atoms with Gasteiger partial charge < -0.3 is 9.47 Å². The van der Waals surface area contributed by atoms with E-state index in [2.05, 4.69) is 16.3 Å². The number of amides is 1. The number of anilines is 1. The van der Waals surface area contributed by atoms with Crippen molar-refractivity contribution in [2.45, 2.75) is 69.6 Å². The molecule has 1 aliphatic carbocycles. The average Bonchev–Trinajstić information content (AvgIpc) is 3.50. The minimum atomic E-state index is -4.69. The molecule has 3 aromatic rings. The monoisotopic (exact) mass is 612 g/mol. The molecule has 1 saturated carbocycles. The van der Waals surface area contributed by atoms with Crippen LogP contribution in [0.25, 0.3) is 0 Å². The van der Waals surface area contributed by atoms with E-state index >= 15 is 0 Å². The molecule has 3 heterocycles. The van der Waals surface area contributed by atoms with Crippen LogP contribution in [-0.4, -0.2) is 44.6 Å². The van der Waals surface area contributed by atoms with Crippen molar-refractivity contribution in [1.82, 2.24) is 19.7 Å². The number of aryl methyl sites for hydroxylation is 1. The Balaban J connectivity index is 1.30. The maximum absolute atomic E-state index is 14.3. The second-order valence-electron chi connectivity index (χ2n) is 12.7. The molecule has 3 aliphatic rings. The number of hydrogen-bond donors (Lipinski definition) is 0. The van der Waals surface area contributed by atoms with Crippen molar-refractivity contribution < 1.29 is 26.7 Å². The Morgan fingerprint density at radius 3 is 2.59 bits per heavy atom. The van der Waals surface area contributed by atoms with Gasteiger partial charge in [-0.05, 0) is 59.7 Å². The van der Waals surface area contributed by atoms with Crippen LogP contribution in [-0.2, 0) is 38.1 Å². The number of aromatic nitrogens is 3. The summed E-state index contributed by atoms with van der Waals surface area (Å²) in [6.45, 7) is 1.38. The Kier molecular flexibility index (Phi) is 7.51. The fourth-order valence-electron chi connectivity index (χ4n) is 7.16. The summed E-state index contributed by atoms with van der Waals surface area (Å²) >= 11 is 0. The number of nitriles is 1. The van der Waals surface area contributed by atoms with Crippen molar-refractivity contribution in [3.8, 4) is 6.07 Å². The molecule has 44 heavy (non-hydrogen) atoms. The number of halogens is 5. The molecule has 6 rings (SSSR count). The smallest absolute Gasteiger partial charge is 0.321 e. The quantitative estimate of drug-likeness (QED) is 0.294. The molecule has 1 saturated heterocycles. The molecule has 2 fully saturated rings. The lowest BCUT2D eigenvalue weighted by molar-refractivity contribution is -0.138. The zero-order valence-corrected chi connectivity index (χ0v) is 24.5. The van der Waals surface area contributed by atoms with Gasteiger partial charge in [0.2, 0.25) is 0 Å². The highest BCUT2D eigenvalue weighted by Gasteiger charge is 2.47. The first-order chi connectivity index (χ1) is 20.8. The first-order valence-electron chi connectivity index (χ1n) is 14.7. The van der Waals surface area contributed by atoms with Crippen LogP contribution < -0.4 is 4.90 Å². The first kappa shape index (κ1) is 30.2. The van der Waals surface area contributed by atoms with E-state index in [9.17, 15) is 32.0 Å². The average molecular weight is 613 g/mol. The standard InChI is InChI=1S/C32H33F5N6O/c1-20-16-42(9-7-31(20,33)34)17-22-10-25-26(27(11-22)32(35,36)37)18-43(29(25)44)24-5-3-4-23(12-24)30(13-21(14-30)6-8-38)15-28-40-39-19-41(28)2/h3-5,10-12,19-21H,6-7,9,13-18H2,1-2H3. The van der Waals surface area contributed by atoms with Crippen molar-refractivity contribution in [3.05, 3.63) is 76.4 Å². The van der Waals surface area contributed by atoms with E-state index in [0.29, 0.717) is 18.5 Å². The third-order valence-corrected chi connectivity index (χ3v) is 9.64. The van der Waals surface area contributed by atoms with Gasteiger partial charge in [0.25, 0.3) is 11.8 Å². The largest absolute Gasteiger partial charge is 0.416 e. The summed E-state index contributed by atoms with van der Waals surface area (Å²) in [4.78, 5) is 16.8. The van der Waals surface area contributed by atoms with Crippen molar-refractivity contribution in [2.75, 3.05) is 18.0 Å². The summed E-state index contributed by atoms with van der Waals surface area (Å²) in [6.07, 6.45) is -0.931. The summed E-state index contributed by atoms with van der Waals surface area (Å²) in [5, 5.41) is 17.5. The lowest BCUT2D eigenvalue weighted by Crippen LogP contribution is -2.45. The SMILES string of the molecule is CC1CN(Cc2cc3c(c(C(F)(F)F)c2)CN(c2cccc(C4(Cc5nncn5C)CC(CC#N)C4)c2)C3=O)CCC1(F)F. The summed E-state index contributed by atoms with van der Waals surface area (Å²) in [5.41, 5.74) is 0.391. The van der Waals surface area contributed by atoms with Crippen LogP contribution >= 0.6 is 0 Å². The van der Waals surface area contributed by atoms with Gasteiger partial charge in [-0.25, -0.2) is 8.78 Å². The predicted molar refractivity (Wildman–Crippen MR) is 152 cm³/mol. The zero-order valence-electron chi connectivity index (χ0n) is 24.5.